The van der Waals surface area contributed by atoms with Gasteiger partial charge in [-0.2, -0.15) is 0 Å². The molecule has 0 saturated carbocycles. The van der Waals surface area contributed by atoms with Crippen molar-refractivity contribution in [1.82, 2.24) is 10.2 Å². The van der Waals surface area contributed by atoms with Crippen molar-refractivity contribution in [2.45, 2.75) is 56.8 Å². The van der Waals surface area contributed by atoms with Crippen LogP contribution >= 0.6 is 11.6 Å². The van der Waals surface area contributed by atoms with E-state index in [0.29, 0.717) is 34.1 Å². The highest BCUT2D eigenvalue weighted by molar-refractivity contribution is 6.33. The number of anilines is 1. The molecule has 2 aromatic carbocycles. The lowest BCUT2D eigenvalue weighted by molar-refractivity contribution is 0.0176. The number of hydrogen-bond donors (Lipinski definition) is 2. The Labute approximate surface area is 181 Å². The second kappa shape index (κ2) is 8.82. The number of amides is 1. The molecule has 0 radical (unpaired) electrons. The zero-order valence-corrected chi connectivity index (χ0v) is 17.8. The van der Waals surface area contributed by atoms with Gasteiger partial charge < -0.3 is 15.8 Å². The van der Waals surface area contributed by atoms with Crippen molar-refractivity contribution >= 4 is 23.2 Å². The molecule has 7 heteroatoms. The molecule has 1 amide bonds. The number of benzene rings is 2. The zero-order chi connectivity index (χ0) is 21.3. The highest BCUT2D eigenvalue weighted by Gasteiger charge is 2.38. The van der Waals surface area contributed by atoms with Gasteiger partial charge in [-0.3, -0.25) is 9.69 Å². The fourth-order valence-electron chi connectivity index (χ4n) is 4.83. The number of methoxy groups -OCH3 is 1. The molecule has 2 heterocycles. The van der Waals surface area contributed by atoms with Crippen molar-refractivity contribution in [1.29, 1.82) is 0 Å². The standard InChI is InChI=1S/C23H27ClFN3O2/c1-30-22-12-21(26)20(24)11-19(22)23(29)27-16-9-17-3-2-4-18(10-16)28(17)13-14-5-7-15(25)8-6-14/h5-8,11-12,16-18H,2-4,9-10,13,26H2,1H3,(H,27,29)/t16?,17-,18+. The first-order valence-electron chi connectivity index (χ1n) is 10.4. The van der Waals surface area contributed by atoms with Crippen LogP contribution in [-0.2, 0) is 6.54 Å². The summed E-state index contributed by atoms with van der Waals surface area (Å²) in [6.07, 6.45) is 5.22. The number of fused-ring (bicyclic) bond motifs is 2. The number of carbonyl (C=O) groups is 1. The first kappa shape index (κ1) is 20.9. The molecule has 1 unspecified atom stereocenters. The largest absolute Gasteiger partial charge is 0.496 e. The maximum atomic E-state index is 13.2. The van der Waals surface area contributed by atoms with E-state index in [2.05, 4.69) is 10.2 Å². The van der Waals surface area contributed by atoms with Crippen molar-refractivity contribution in [2.75, 3.05) is 12.8 Å². The average Bonchev–Trinajstić information content (AvgIpc) is 2.71. The van der Waals surface area contributed by atoms with E-state index in [1.54, 1.807) is 12.1 Å². The van der Waals surface area contributed by atoms with Gasteiger partial charge in [0.25, 0.3) is 5.91 Å². The van der Waals surface area contributed by atoms with E-state index in [9.17, 15) is 9.18 Å². The van der Waals surface area contributed by atoms with Gasteiger partial charge in [0.05, 0.1) is 23.4 Å². The van der Waals surface area contributed by atoms with E-state index in [1.807, 2.05) is 12.1 Å². The summed E-state index contributed by atoms with van der Waals surface area (Å²) in [6.45, 7) is 0.817. The molecule has 3 N–H and O–H groups in total. The number of nitrogens with one attached hydrogen (secondary N) is 1. The molecule has 2 aliphatic heterocycles. The van der Waals surface area contributed by atoms with Gasteiger partial charge in [-0.15, -0.1) is 0 Å². The number of rotatable bonds is 5. The highest BCUT2D eigenvalue weighted by atomic mass is 35.5. The Hall–Kier alpha value is -2.31. The van der Waals surface area contributed by atoms with Gasteiger partial charge >= 0.3 is 0 Å². The lowest BCUT2D eigenvalue weighted by atomic mass is 9.81. The van der Waals surface area contributed by atoms with Crippen LogP contribution in [-0.4, -0.2) is 36.0 Å². The van der Waals surface area contributed by atoms with Crippen LogP contribution in [0.1, 0.15) is 48.0 Å². The number of halogens is 2. The quantitative estimate of drug-likeness (QED) is 0.689. The number of piperidine rings is 2. The molecular weight excluding hydrogens is 405 g/mol. The molecule has 4 rings (SSSR count). The fraction of sp³-hybridized carbons (Fsp3) is 0.435. The van der Waals surface area contributed by atoms with Crippen molar-refractivity contribution in [3.63, 3.8) is 0 Å². The van der Waals surface area contributed by atoms with Crippen LogP contribution in [0, 0.1) is 5.82 Å². The van der Waals surface area contributed by atoms with Gasteiger partial charge in [0.2, 0.25) is 0 Å². The Bertz CT molecular complexity index is 907. The number of ether oxygens (including phenoxy) is 1. The summed E-state index contributed by atoms with van der Waals surface area (Å²) in [6, 6.07) is 10.8. The summed E-state index contributed by atoms with van der Waals surface area (Å²) in [5, 5.41) is 3.52. The summed E-state index contributed by atoms with van der Waals surface area (Å²) >= 11 is 6.12. The van der Waals surface area contributed by atoms with Crippen LogP contribution in [0.15, 0.2) is 36.4 Å². The smallest absolute Gasteiger partial charge is 0.255 e. The monoisotopic (exact) mass is 431 g/mol. The summed E-state index contributed by atoms with van der Waals surface area (Å²) in [5.74, 6) is 0.0192. The van der Waals surface area contributed by atoms with Gasteiger partial charge in [-0.25, -0.2) is 4.39 Å². The second-order valence-corrected chi connectivity index (χ2v) is 8.66. The van der Waals surface area contributed by atoms with Crippen molar-refractivity contribution in [3.05, 3.63) is 58.4 Å². The van der Waals surface area contributed by atoms with Crippen LogP contribution in [0.25, 0.3) is 0 Å². The Morgan fingerprint density at radius 2 is 1.90 bits per heavy atom. The molecular formula is C23H27ClFN3O2. The molecule has 0 aromatic heterocycles. The normalized spacial score (nSPS) is 23.8. The molecule has 3 atom stereocenters. The van der Waals surface area contributed by atoms with Crippen molar-refractivity contribution in [3.8, 4) is 5.75 Å². The summed E-state index contributed by atoms with van der Waals surface area (Å²) in [5.41, 5.74) is 7.73. The number of hydrogen-bond acceptors (Lipinski definition) is 4. The Kier molecular flexibility index (Phi) is 6.16. The molecule has 0 spiro atoms. The van der Waals surface area contributed by atoms with E-state index in [4.69, 9.17) is 22.1 Å². The molecule has 2 bridgehead atoms. The molecule has 2 aliphatic rings. The molecule has 30 heavy (non-hydrogen) atoms. The van der Waals surface area contributed by atoms with Crippen LogP contribution in [0.3, 0.4) is 0 Å². The second-order valence-electron chi connectivity index (χ2n) is 8.25. The number of carbonyl (C=O) groups excluding carboxylic acids is 1. The van der Waals surface area contributed by atoms with Crippen molar-refractivity contribution < 1.29 is 13.9 Å². The minimum Gasteiger partial charge on any atom is -0.496 e. The van der Waals surface area contributed by atoms with Crippen LogP contribution < -0.4 is 15.8 Å². The van der Waals surface area contributed by atoms with E-state index in [1.165, 1.54) is 25.7 Å². The predicted octanol–water partition coefficient (Wildman–Crippen LogP) is 4.39. The minimum absolute atomic E-state index is 0.0957. The fourth-order valence-corrected chi connectivity index (χ4v) is 5.00. The molecule has 5 nitrogen and oxygen atoms in total. The molecule has 2 saturated heterocycles. The van der Waals surface area contributed by atoms with E-state index in [0.717, 1.165) is 37.8 Å². The van der Waals surface area contributed by atoms with E-state index < -0.39 is 0 Å². The van der Waals surface area contributed by atoms with Crippen LogP contribution in [0.5, 0.6) is 5.75 Å². The Morgan fingerprint density at radius 1 is 1.23 bits per heavy atom. The first-order valence-corrected chi connectivity index (χ1v) is 10.8. The SMILES string of the molecule is COc1cc(N)c(Cl)cc1C(=O)NC1C[C@H]2CCC[C@@H](C1)N2Cc1ccc(F)cc1. The average molecular weight is 432 g/mol. The van der Waals surface area contributed by atoms with Gasteiger partial charge in [0, 0.05) is 30.7 Å². The lowest BCUT2D eigenvalue weighted by Crippen LogP contribution is -2.56. The number of nitrogens with two attached hydrogens (primary N) is 1. The summed E-state index contributed by atoms with van der Waals surface area (Å²) in [4.78, 5) is 15.5. The number of nitrogen functional groups attached to an aromatic ring is 1. The third kappa shape index (κ3) is 4.40. The molecule has 2 aromatic rings. The van der Waals surface area contributed by atoms with Gasteiger partial charge in [-0.1, -0.05) is 30.2 Å². The zero-order valence-electron chi connectivity index (χ0n) is 17.0. The Morgan fingerprint density at radius 3 is 2.53 bits per heavy atom. The maximum Gasteiger partial charge on any atom is 0.255 e. The lowest BCUT2D eigenvalue weighted by Gasteiger charge is -2.49. The van der Waals surface area contributed by atoms with Crippen molar-refractivity contribution in [2.24, 2.45) is 0 Å². The number of nitrogens with zero attached hydrogens (tertiary/aromatic N) is 1. The third-order valence-corrected chi connectivity index (χ3v) is 6.63. The van der Waals surface area contributed by atoms with E-state index >= 15 is 0 Å². The summed E-state index contributed by atoms with van der Waals surface area (Å²) in [7, 11) is 1.51. The maximum absolute atomic E-state index is 13.2. The van der Waals surface area contributed by atoms with Crippen LogP contribution in [0.2, 0.25) is 5.02 Å². The first-order chi connectivity index (χ1) is 14.4. The highest BCUT2D eigenvalue weighted by Crippen LogP contribution is 2.36. The third-order valence-electron chi connectivity index (χ3n) is 6.30. The topological polar surface area (TPSA) is 67.6 Å². The van der Waals surface area contributed by atoms with Crippen LogP contribution in [0.4, 0.5) is 10.1 Å². The minimum atomic E-state index is -0.210. The Balaban J connectivity index is 1.45. The summed E-state index contributed by atoms with van der Waals surface area (Å²) < 4.78 is 18.6. The van der Waals surface area contributed by atoms with Gasteiger partial charge in [0.15, 0.2) is 0 Å². The van der Waals surface area contributed by atoms with E-state index in [-0.39, 0.29) is 17.8 Å². The molecule has 2 fully saturated rings. The molecule has 160 valence electrons. The van der Waals surface area contributed by atoms with Gasteiger partial charge in [-0.05, 0) is 49.4 Å². The molecule has 0 aliphatic carbocycles. The predicted molar refractivity (Wildman–Crippen MR) is 116 cm³/mol. The van der Waals surface area contributed by atoms with Gasteiger partial charge in [0.1, 0.15) is 11.6 Å².